The molecule has 0 unspecified atom stereocenters. The third-order valence-electron chi connectivity index (χ3n) is 5.63. The Kier molecular flexibility index (Phi) is 6.56. The van der Waals surface area contributed by atoms with E-state index < -0.39 is 5.97 Å². The van der Waals surface area contributed by atoms with Crippen LogP contribution < -0.4 is 15.0 Å². The lowest BCUT2D eigenvalue weighted by Crippen LogP contribution is -2.69. The van der Waals surface area contributed by atoms with E-state index in [1.807, 2.05) is 60.8 Å². The predicted octanol–water partition coefficient (Wildman–Crippen LogP) is 1.21. The van der Waals surface area contributed by atoms with Gasteiger partial charge < -0.3 is 24.3 Å². The maximum atomic E-state index is 13.2. The molecular formula is C27H25N3O4. The average molecular weight is 456 g/mol. The van der Waals surface area contributed by atoms with Crippen LogP contribution in [0.1, 0.15) is 18.1 Å². The van der Waals surface area contributed by atoms with Crippen LogP contribution in [0.4, 0.5) is 11.4 Å². The van der Waals surface area contributed by atoms with Crippen LogP contribution >= 0.6 is 0 Å². The van der Waals surface area contributed by atoms with E-state index in [1.54, 1.807) is 4.90 Å². The van der Waals surface area contributed by atoms with Crippen LogP contribution in [0.15, 0.2) is 79.0 Å². The molecule has 172 valence electrons. The number of carbonyl (C=O) groups is 2. The number of aliphatic carboxylic acids is 1. The summed E-state index contributed by atoms with van der Waals surface area (Å²) in [5.41, 5.74) is 7.43. The minimum atomic E-state index is -1.08. The number of benzene rings is 2. The number of anilines is 1. The van der Waals surface area contributed by atoms with Crippen molar-refractivity contribution in [3.8, 4) is 11.3 Å². The highest BCUT2D eigenvalue weighted by atomic mass is 16.4. The summed E-state index contributed by atoms with van der Waals surface area (Å²) in [6, 6.07) is 24.0. The summed E-state index contributed by atoms with van der Waals surface area (Å²) in [6.07, 6.45) is 2.04. The van der Waals surface area contributed by atoms with E-state index in [2.05, 4.69) is 34.5 Å². The van der Waals surface area contributed by atoms with Crippen LogP contribution in [0.5, 0.6) is 0 Å². The van der Waals surface area contributed by atoms with Crippen LogP contribution in [-0.4, -0.2) is 40.2 Å². The monoisotopic (exact) mass is 455 g/mol. The number of hydrogen-bond donors (Lipinski definition) is 2. The number of β-amino-alcohol motifs (C(OH)–C–C–N with tert-alkyl or cyclic N) is 1. The normalized spacial score (nSPS) is 13.7. The highest BCUT2D eigenvalue weighted by Gasteiger charge is 2.38. The molecule has 7 heteroatoms. The Balaban J connectivity index is 0.000000636. The van der Waals surface area contributed by atoms with Gasteiger partial charge in [-0.2, -0.15) is 4.99 Å². The zero-order chi connectivity index (χ0) is 24.2. The minimum Gasteiger partial charge on any atom is -0.550 e. The number of rotatable bonds is 4. The lowest BCUT2D eigenvalue weighted by molar-refractivity contribution is -0.350. The standard InChI is InChI=1S/C25H21N3O2.C2H4O2/c1-17-22(21-13-7-8-14-27(21)24(17)18-9-3-2-4-10-18)26-23-19-11-5-6-12-20(19)28(15-16-29)25(23)30;1-2(3)4/h2-14,29H,15-16H2,1H3;1H3,(H,3,4). The molecule has 0 saturated heterocycles. The van der Waals surface area contributed by atoms with Gasteiger partial charge in [-0.1, -0.05) is 48.5 Å². The summed E-state index contributed by atoms with van der Waals surface area (Å²) in [5.74, 6) is -1.21. The third-order valence-corrected chi connectivity index (χ3v) is 5.63. The molecule has 0 atom stereocenters. The van der Waals surface area contributed by atoms with Gasteiger partial charge in [0, 0.05) is 24.3 Å². The van der Waals surface area contributed by atoms with Crippen molar-refractivity contribution in [2.24, 2.45) is 0 Å². The van der Waals surface area contributed by atoms with Gasteiger partial charge in [-0.25, -0.2) is 0 Å². The predicted molar refractivity (Wildman–Crippen MR) is 129 cm³/mol. The molecule has 4 aromatic rings. The maximum Gasteiger partial charge on any atom is 0.323 e. The smallest absolute Gasteiger partial charge is 0.323 e. The number of aliphatic hydroxyl groups excluding tert-OH is 1. The molecule has 1 amide bonds. The Bertz CT molecular complexity index is 1390. The number of nitrogens with one attached hydrogen (secondary N) is 1. The van der Waals surface area contributed by atoms with Gasteiger partial charge >= 0.3 is 5.91 Å². The number of nitrogens with zero attached hydrogens (tertiary/aromatic N) is 2. The first kappa shape index (κ1) is 22.9. The van der Waals surface area contributed by atoms with Gasteiger partial charge in [0.25, 0.3) is 5.71 Å². The Labute approximate surface area is 197 Å². The quantitative estimate of drug-likeness (QED) is 0.483. The molecular weight excluding hydrogens is 430 g/mol. The zero-order valence-corrected chi connectivity index (χ0v) is 19.0. The Hall–Kier alpha value is -4.23. The van der Waals surface area contributed by atoms with E-state index in [4.69, 9.17) is 9.90 Å². The van der Waals surface area contributed by atoms with Gasteiger partial charge in [-0.3, -0.25) is 4.79 Å². The second kappa shape index (κ2) is 9.72. The van der Waals surface area contributed by atoms with Crippen molar-refractivity contribution < 1.29 is 24.8 Å². The number of carboxylic acid groups (broad SMARTS) is 1. The molecule has 7 nitrogen and oxygen atoms in total. The number of fused-ring (bicyclic) bond motifs is 2. The molecule has 1 aliphatic rings. The summed E-state index contributed by atoms with van der Waals surface area (Å²) in [5, 5.41) is 18.3. The van der Waals surface area contributed by atoms with Crippen molar-refractivity contribution in [3.63, 3.8) is 0 Å². The van der Waals surface area contributed by atoms with Crippen molar-refractivity contribution in [3.05, 3.63) is 90.1 Å². The van der Waals surface area contributed by atoms with Gasteiger partial charge in [0.05, 0.1) is 23.6 Å². The molecule has 0 radical (unpaired) electrons. The summed E-state index contributed by atoms with van der Waals surface area (Å²) in [6.45, 7) is 3.24. The van der Waals surface area contributed by atoms with E-state index in [0.29, 0.717) is 5.71 Å². The molecule has 0 bridgehead atoms. The van der Waals surface area contributed by atoms with Crippen molar-refractivity contribution >= 4 is 34.5 Å². The molecule has 0 fully saturated rings. The fourth-order valence-corrected chi connectivity index (χ4v) is 4.29. The number of pyridine rings is 1. The molecule has 5 rings (SSSR count). The number of aromatic nitrogens is 1. The third kappa shape index (κ3) is 4.21. The van der Waals surface area contributed by atoms with E-state index >= 15 is 0 Å². The summed E-state index contributed by atoms with van der Waals surface area (Å²) in [4.78, 5) is 27.2. The van der Waals surface area contributed by atoms with Crippen LogP contribution in [0.3, 0.4) is 0 Å². The first-order valence-corrected chi connectivity index (χ1v) is 10.9. The molecule has 0 aliphatic carbocycles. The van der Waals surface area contributed by atoms with Crippen molar-refractivity contribution in [1.82, 2.24) is 4.40 Å². The largest absolute Gasteiger partial charge is 0.550 e. The van der Waals surface area contributed by atoms with E-state index in [1.165, 1.54) is 0 Å². The number of aliphatic hydroxyl groups is 1. The second-order valence-corrected chi connectivity index (χ2v) is 7.86. The molecule has 34 heavy (non-hydrogen) atoms. The molecule has 0 saturated carbocycles. The van der Waals surface area contributed by atoms with E-state index in [0.717, 1.165) is 46.2 Å². The van der Waals surface area contributed by atoms with E-state index in [-0.39, 0.29) is 19.1 Å². The van der Waals surface area contributed by atoms with Crippen molar-refractivity contribution in [2.45, 2.75) is 13.8 Å². The van der Waals surface area contributed by atoms with Gasteiger partial charge in [0.2, 0.25) is 5.69 Å². The molecule has 1 aliphatic heterocycles. The highest BCUT2D eigenvalue weighted by molar-refractivity contribution is 6.52. The Morgan fingerprint density at radius 2 is 1.65 bits per heavy atom. The van der Waals surface area contributed by atoms with Gasteiger partial charge in [0.1, 0.15) is 5.52 Å². The van der Waals surface area contributed by atoms with Gasteiger partial charge in [-0.05, 0) is 43.7 Å². The van der Waals surface area contributed by atoms with E-state index in [9.17, 15) is 9.90 Å². The highest BCUT2D eigenvalue weighted by Crippen LogP contribution is 2.33. The fourth-order valence-electron chi connectivity index (χ4n) is 4.29. The first-order valence-electron chi connectivity index (χ1n) is 10.9. The second-order valence-electron chi connectivity index (χ2n) is 7.86. The number of carboxylic acids is 1. The summed E-state index contributed by atoms with van der Waals surface area (Å²) < 4.78 is 2.16. The lowest BCUT2D eigenvalue weighted by Gasteiger charge is -2.13. The average Bonchev–Trinajstić information content (AvgIpc) is 3.26. The molecule has 2 aromatic carbocycles. The Morgan fingerprint density at radius 3 is 2.35 bits per heavy atom. The van der Waals surface area contributed by atoms with Crippen molar-refractivity contribution in [2.75, 3.05) is 18.1 Å². The van der Waals surface area contributed by atoms with Crippen LogP contribution in [0, 0.1) is 6.92 Å². The van der Waals surface area contributed by atoms with Gasteiger partial charge in [-0.15, -0.1) is 0 Å². The number of carbonyl (C=O) groups excluding carboxylic acids is 2. The molecule has 0 spiro atoms. The number of amides is 1. The zero-order valence-electron chi connectivity index (χ0n) is 19.0. The first-order chi connectivity index (χ1) is 16.4. The molecule has 2 aromatic heterocycles. The number of para-hydroxylation sites is 1. The maximum absolute atomic E-state index is 13.2. The van der Waals surface area contributed by atoms with Crippen LogP contribution in [-0.2, 0) is 9.59 Å². The lowest BCUT2D eigenvalue weighted by atomic mass is 10.1. The molecule has 3 heterocycles. The minimum absolute atomic E-state index is 0.0836. The van der Waals surface area contributed by atoms with Crippen LogP contribution in [0.2, 0.25) is 0 Å². The summed E-state index contributed by atoms with van der Waals surface area (Å²) >= 11 is 0. The SMILES string of the molecule is CC(=O)[O-].Cc1c([NH+]=C2C(=O)N(CCO)c3ccccc32)c2ccccn2c1-c1ccccc1. The molecule has 2 N–H and O–H groups in total. The Morgan fingerprint density at radius 1 is 1.00 bits per heavy atom. The van der Waals surface area contributed by atoms with Gasteiger partial charge in [0.15, 0.2) is 0 Å². The fraction of sp³-hybridized carbons (Fsp3) is 0.148. The van der Waals surface area contributed by atoms with Crippen LogP contribution in [0.25, 0.3) is 16.8 Å². The number of hydrogen-bond acceptors (Lipinski definition) is 4. The summed E-state index contributed by atoms with van der Waals surface area (Å²) in [7, 11) is 0. The van der Waals surface area contributed by atoms with Crippen molar-refractivity contribution in [1.29, 1.82) is 0 Å². The topological polar surface area (TPSA) is 99.0 Å².